The van der Waals surface area contributed by atoms with Crippen molar-refractivity contribution in [2.45, 2.75) is 18.3 Å². The molecule has 1 aliphatic rings. The van der Waals surface area contributed by atoms with Crippen molar-refractivity contribution in [3.63, 3.8) is 0 Å². The molecule has 0 bridgehead atoms. The Morgan fingerprint density at radius 1 is 1.50 bits per heavy atom. The zero-order valence-corrected chi connectivity index (χ0v) is 12.3. The Kier molecular flexibility index (Phi) is 3.22. The summed E-state index contributed by atoms with van der Waals surface area (Å²) >= 11 is 0. The van der Waals surface area contributed by atoms with Crippen LogP contribution < -0.4 is 5.73 Å². The van der Waals surface area contributed by atoms with Gasteiger partial charge in [0.1, 0.15) is 0 Å². The van der Waals surface area contributed by atoms with Gasteiger partial charge in [-0.1, -0.05) is 6.58 Å². The summed E-state index contributed by atoms with van der Waals surface area (Å²) < 4.78 is 18.6. The van der Waals surface area contributed by atoms with Crippen LogP contribution in [0.2, 0.25) is 0 Å². The van der Waals surface area contributed by atoms with Crippen molar-refractivity contribution in [2.75, 3.05) is 12.3 Å². The normalized spacial score (nSPS) is 22.5. The molecule has 10 nitrogen and oxygen atoms in total. The molecule has 0 spiro atoms. The molecule has 1 unspecified atom stereocenters. The maximum absolute atomic E-state index is 11.9. The number of fused-ring (bicyclic) bond motifs is 1. The van der Waals surface area contributed by atoms with E-state index in [4.69, 9.17) is 10.5 Å². The average Bonchev–Trinajstić information content (AvgIpc) is 2.95. The molecule has 0 amide bonds. The summed E-state index contributed by atoms with van der Waals surface area (Å²) in [5.41, 5.74) is 6.32. The fourth-order valence-electron chi connectivity index (χ4n) is 2.44. The number of imidazole rings is 1. The molecule has 1 aliphatic heterocycles. The van der Waals surface area contributed by atoms with Crippen LogP contribution in [0.25, 0.3) is 11.2 Å². The Labute approximate surface area is 124 Å². The van der Waals surface area contributed by atoms with Crippen LogP contribution in [0.15, 0.2) is 18.5 Å². The third-order valence-electron chi connectivity index (χ3n) is 3.48. The molecule has 1 atom stereocenters. The number of nitrogens with two attached hydrogens (primary N) is 1. The summed E-state index contributed by atoms with van der Waals surface area (Å²) in [6.07, 6.45) is 1.31. The second-order valence-electron chi connectivity index (χ2n) is 5.16. The van der Waals surface area contributed by atoms with E-state index in [1.54, 1.807) is 0 Å². The lowest BCUT2D eigenvalue weighted by atomic mass is 10.2. The highest BCUT2D eigenvalue weighted by Gasteiger charge is 2.52. The smallest absolute Gasteiger partial charge is 0.359 e. The third-order valence-corrected chi connectivity index (χ3v) is 4.97. The minimum Gasteiger partial charge on any atom is -0.492 e. The molecule has 2 aromatic heterocycles. The number of rotatable bonds is 3. The number of hydrogen-bond acceptors (Lipinski definition) is 7. The van der Waals surface area contributed by atoms with Gasteiger partial charge < -0.3 is 29.9 Å². The van der Waals surface area contributed by atoms with E-state index in [0.29, 0.717) is 5.57 Å². The topological polar surface area (TPSA) is 157 Å². The van der Waals surface area contributed by atoms with E-state index in [1.165, 1.54) is 10.9 Å². The van der Waals surface area contributed by atoms with E-state index in [9.17, 15) is 19.5 Å². The molecule has 22 heavy (non-hydrogen) atoms. The molecule has 3 heterocycles. The first-order valence-electron chi connectivity index (χ1n) is 6.25. The van der Waals surface area contributed by atoms with Crippen molar-refractivity contribution in [1.29, 1.82) is 0 Å². The Hall–Kier alpha value is -2.00. The number of hydrogen-bond donors (Lipinski definition) is 4. The predicted molar refractivity (Wildman–Crippen MR) is 75.9 cm³/mol. The average molecular weight is 327 g/mol. The van der Waals surface area contributed by atoms with Gasteiger partial charge in [0.05, 0.1) is 19.5 Å². The van der Waals surface area contributed by atoms with Gasteiger partial charge in [0.15, 0.2) is 16.5 Å². The number of anilines is 1. The van der Waals surface area contributed by atoms with Crippen molar-refractivity contribution in [3.05, 3.63) is 18.5 Å². The van der Waals surface area contributed by atoms with E-state index in [1.807, 2.05) is 0 Å². The first-order chi connectivity index (χ1) is 10.2. The minimum atomic E-state index is -4.59. The molecular formula is C11H14N5O5P. The highest BCUT2D eigenvalue weighted by molar-refractivity contribution is 7.53. The maximum atomic E-state index is 11.9. The summed E-state index contributed by atoms with van der Waals surface area (Å²) in [5, 5.41) is 7.96. The van der Waals surface area contributed by atoms with Crippen molar-refractivity contribution < 1.29 is 24.2 Å². The second-order valence-corrected chi connectivity index (χ2v) is 7.06. The molecule has 1 saturated heterocycles. The maximum Gasteiger partial charge on any atom is 0.359 e. The van der Waals surface area contributed by atoms with Gasteiger partial charge in [-0.25, -0.2) is 4.98 Å². The first kappa shape index (κ1) is 14.9. The molecule has 5 N–H and O–H groups in total. The summed E-state index contributed by atoms with van der Waals surface area (Å²) in [6, 6.07) is 0. The Morgan fingerprint density at radius 3 is 2.82 bits per heavy atom. The van der Waals surface area contributed by atoms with E-state index in [2.05, 4.69) is 21.5 Å². The van der Waals surface area contributed by atoms with E-state index in [0.717, 1.165) is 0 Å². The standard InChI is InChI=1S/C11H14N5O5P/c1-6-2-11(21-3-6,22(18,19)20)4-16-5-13-7-8(16)14-10(12)15-9(7)17/h5H,1-4H2,(H2,18,19,20)(H3,12,14,15,17). The number of aromatic nitrogens is 4. The quantitative estimate of drug-likeness (QED) is 0.448. The van der Waals surface area contributed by atoms with Crippen molar-refractivity contribution in [1.82, 2.24) is 19.5 Å². The van der Waals surface area contributed by atoms with Crippen LogP contribution in [-0.4, -0.2) is 46.4 Å². The lowest BCUT2D eigenvalue weighted by Gasteiger charge is -2.29. The van der Waals surface area contributed by atoms with Crippen molar-refractivity contribution in [3.8, 4) is 5.88 Å². The lowest BCUT2D eigenvalue weighted by Crippen LogP contribution is -2.33. The predicted octanol–water partition coefficient (Wildman–Crippen LogP) is -0.0354. The number of nitrogens with zero attached hydrogens (tertiary/aromatic N) is 4. The Bertz CT molecular complexity index is 815. The van der Waals surface area contributed by atoms with Gasteiger partial charge in [-0.05, 0) is 5.57 Å². The van der Waals surface area contributed by atoms with E-state index < -0.39 is 18.8 Å². The number of aromatic hydroxyl groups is 1. The Balaban J connectivity index is 2.08. The van der Waals surface area contributed by atoms with Crippen molar-refractivity contribution >= 4 is 24.7 Å². The third kappa shape index (κ3) is 2.26. The highest BCUT2D eigenvalue weighted by atomic mass is 31.2. The van der Waals surface area contributed by atoms with Crippen molar-refractivity contribution in [2.24, 2.45) is 0 Å². The van der Waals surface area contributed by atoms with Crippen LogP contribution in [0, 0.1) is 0 Å². The molecule has 0 radical (unpaired) electrons. The van der Waals surface area contributed by atoms with Gasteiger partial charge >= 0.3 is 7.60 Å². The second kappa shape index (κ2) is 4.75. The molecule has 1 fully saturated rings. The van der Waals surface area contributed by atoms with Crippen LogP contribution in [0.1, 0.15) is 6.42 Å². The largest absolute Gasteiger partial charge is 0.492 e. The van der Waals surface area contributed by atoms with Gasteiger partial charge in [0.2, 0.25) is 11.8 Å². The molecule has 0 aliphatic carbocycles. The van der Waals surface area contributed by atoms with Crippen LogP contribution in [-0.2, 0) is 15.8 Å². The summed E-state index contributed by atoms with van der Waals surface area (Å²) in [5.74, 6) is -0.572. The fraction of sp³-hybridized carbons (Fsp3) is 0.364. The SMILES string of the molecule is C=C1COC(Cn2cnc3c(O)nc(N)nc32)(P(=O)(O)O)C1. The summed E-state index contributed by atoms with van der Waals surface area (Å²) in [4.78, 5) is 30.8. The minimum absolute atomic E-state index is 0.0174. The fourth-order valence-corrected chi connectivity index (χ4v) is 3.44. The summed E-state index contributed by atoms with van der Waals surface area (Å²) in [6.45, 7) is 3.57. The van der Waals surface area contributed by atoms with Gasteiger partial charge in [-0.15, -0.1) is 0 Å². The van der Waals surface area contributed by atoms with Crippen LogP contribution in [0.3, 0.4) is 0 Å². The first-order valence-corrected chi connectivity index (χ1v) is 7.87. The van der Waals surface area contributed by atoms with Gasteiger partial charge in [-0.3, -0.25) is 4.57 Å². The zero-order chi connectivity index (χ0) is 16.1. The molecule has 2 aromatic rings. The van der Waals surface area contributed by atoms with E-state index in [-0.39, 0.29) is 36.7 Å². The number of nitrogen functional groups attached to an aromatic ring is 1. The molecule has 3 rings (SSSR count). The van der Waals surface area contributed by atoms with Gasteiger partial charge in [0, 0.05) is 6.42 Å². The van der Waals surface area contributed by atoms with Crippen LogP contribution >= 0.6 is 7.60 Å². The van der Waals surface area contributed by atoms with Crippen LogP contribution in [0.4, 0.5) is 5.95 Å². The van der Waals surface area contributed by atoms with Crippen LogP contribution in [0.5, 0.6) is 5.88 Å². The van der Waals surface area contributed by atoms with E-state index >= 15 is 0 Å². The Morgan fingerprint density at radius 2 is 2.23 bits per heavy atom. The summed E-state index contributed by atoms with van der Waals surface area (Å²) in [7, 11) is -4.59. The molecular weight excluding hydrogens is 313 g/mol. The van der Waals surface area contributed by atoms with Gasteiger partial charge in [-0.2, -0.15) is 9.97 Å². The molecule has 0 aromatic carbocycles. The molecule has 11 heteroatoms. The molecule has 0 saturated carbocycles. The monoisotopic (exact) mass is 327 g/mol. The molecule has 118 valence electrons. The zero-order valence-electron chi connectivity index (χ0n) is 11.4. The van der Waals surface area contributed by atoms with Gasteiger partial charge in [0.25, 0.3) is 0 Å². The number of ether oxygens (including phenoxy) is 1. The lowest BCUT2D eigenvalue weighted by molar-refractivity contribution is 0.0377. The highest BCUT2D eigenvalue weighted by Crippen LogP contribution is 2.58.